The Balaban J connectivity index is 1.57. The summed E-state index contributed by atoms with van der Waals surface area (Å²) >= 11 is 5.77. The van der Waals surface area contributed by atoms with Gasteiger partial charge in [0, 0.05) is 28.3 Å². The summed E-state index contributed by atoms with van der Waals surface area (Å²) in [6.45, 7) is -0.129. The molecule has 2 amide bonds. The Morgan fingerprint density at radius 2 is 1.89 bits per heavy atom. The maximum Gasteiger partial charge on any atom is 0.387 e. The molecule has 0 saturated heterocycles. The van der Waals surface area contributed by atoms with Crippen molar-refractivity contribution in [3.63, 3.8) is 0 Å². The van der Waals surface area contributed by atoms with Gasteiger partial charge in [0.2, 0.25) is 5.91 Å². The van der Waals surface area contributed by atoms with E-state index in [4.69, 9.17) is 22.1 Å². The number of primary amides is 1. The zero-order valence-corrected chi connectivity index (χ0v) is 25.4. The minimum atomic E-state index is -3.17. The van der Waals surface area contributed by atoms with Crippen LogP contribution in [-0.2, 0) is 16.8 Å². The number of nitrogens with two attached hydrogens (primary N) is 1. The second-order valence-electron chi connectivity index (χ2n) is 11.0. The lowest BCUT2D eigenvalue weighted by molar-refractivity contribution is -0.117. The van der Waals surface area contributed by atoms with Crippen LogP contribution >= 0.6 is 11.6 Å². The van der Waals surface area contributed by atoms with Crippen LogP contribution in [0.2, 0.25) is 5.02 Å². The van der Waals surface area contributed by atoms with E-state index in [9.17, 15) is 27.9 Å². The number of hydrogen-bond acceptors (Lipinski definition) is 7. The number of benzene rings is 2. The molecule has 2 heterocycles. The van der Waals surface area contributed by atoms with Gasteiger partial charge in [-0.15, -0.1) is 0 Å². The zero-order valence-electron chi connectivity index (χ0n) is 24.7. The Morgan fingerprint density at radius 3 is 2.54 bits per heavy atom. The number of aryl methyl sites for hydroxylation is 1. The minimum absolute atomic E-state index is 0.0397. The molecule has 242 valence electrons. The molecule has 4 aromatic rings. The Bertz CT molecular complexity index is 1840. The molecule has 2 aromatic carbocycles. The summed E-state index contributed by atoms with van der Waals surface area (Å²) in [4.78, 5) is 34.1. The molecular weight excluding hydrogens is 632 g/mol. The average Bonchev–Trinajstić information content (AvgIpc) is 3.84. The first-order valence-corrected chi connectivity index (χ1v) is 14.6. The van der Waals surface area contributed by atoms with E-state index in [0.717, 1.165) is 23.8 Å². The van der Waals surface area contributed by atoms with Crippen LogP contribution in [0.3, 0.4) is 0 Å². The van der Waals surface area contributed by atoms with Crippen molar-refractivity contribution in [2.45, 2.75) is 45.3 Å². The Morgan fingerprint density at radius 1 is 1.15 bits per heavy atom. The number of nitrogens with one attached hydrogen (secondary N) is 1. The number of aromatic nitrogens is 2. The number of alkyl halides is 2. The SMILES string of the molecule is CCOc1c(CC(N)=O)cc([C@@](O)(CNC(=O)c2cc(OC(F)F)c3ncc(C)cc3c2)C2CC2)nc1-c1cc(F)c(Cl)cc1F. The van der Waals surface area contributed by atoms with Crippen LogP contribution in [-0.4, -0.2) is 46.7 Å². The third-order valence-electron chi connectivity index (χ3n) is 7.55. The molecule has 0 bridgehead atoms. The van der Waals surface area contributed by atoms with Gasteiger partial charge in [0.25, 0.3) is 5.91 Å². The molecule has 0 aliphatic heterocycles. The molecule has 46 heavy (non-hydrogen) atoms. The molecule has 1 atom stereocenters. The monoisotopic (exact) mass is 660 g/mol. The van der Waals surface area contributed by atoms with Crippen molar-refractivity contribution in [1.29, 1.82) is 0 Å². The highest BCUT2D eigenvalue weighted by molar-refractivity contribution is 6.30. The smallest absolute Gasteiger partial charge is 0.387 e. The van der Waals surface area contributed by atoms with E-state index in [1.165, 1.54) is 18.3 Å². The van der Waals surface area contributed by atoms with E-state index in [0.29, 0.717) is 18.2 Å². The summed E-state index contributed by atoms with van der Waals surface area (Å²) < 4.78 is 66.4. The van der Waals surface area contributed by atoms with Gasteiger partial charge in [0.1, 0.15) is 34.2 Å². The quantitative estimate of drug-likeness (QED) is 0.133. The first-order chi connectivity index (χ1) is 21.8. The fourth-order valence-electron chi connectivity index (χ4n) is 5.28. The Labute approximate surface area is 265 Å². The Kier molecular flexibility index (Phi) is 9.36. The van der Waals surface area contributed by atoms with Crippen LogP contribution in [0.1, 0.15) is 46.9 Å². The van der Waals surface area contributed by atoms with Gasteiger partial charge in [0.05, 0.1) is 30.3 Å². The standard InChI is InChI=1S/C32H29ClF4N4O5/c1-3-45-29-17(10-26(38)42)9-25(41-28(29)20-11-23(35)21(33)12-22(20)34)32(44,19-4-5-19)14-40-30(43)18-7-16-6-15(2)13-39-27(16)24(8-18)46-31(36)37/h6-9,11-13,19,31,44H,3-5,10,14H2,1-2H3,(H2,38,42)(H,40,43)/t32-/m1/s1. The molecule has 2 aromatic heterocycles. The van der Waals surface area contributed by atoms with Gasteiger partial charge in [-0.2, -0.15) is 8.78 Å². The lowest BCUT2D eigenvalue weighted by atomic mass is 9.90. The largest absolute Gasteiger partial charge is 0.491 e. The molecule has 1 fully saturated rings. The molecule has 14 heteroatoms. The van der Waals surface area contributed by atoms with Crippen molar-refractivity contribution in [2.24, 2.45) is 11.7 Å². The first kappa shape index (κ1) is 32.9. The van der Waals surface area contributed by atoms with Gasteiger partial charge in [0.15, 0.2) is 5.75 Å². The van der Waals surface area contributed by atoms with Crippen molar-refractivity contribution in [2.75, 3.05) is 13.2 Å². The fraction of sp³-hybridized carbons (Fsp3) is 0.312. The van der Waals surface area contributed by atoms with E-state index < -0.39 is 53.1 Å². The van der Waals surface area contributed by atoms with Crippen LogP contribution in [0, 0.1) is 24.5 Å². The molecule has 9 nitrogen and oxygen atoms in total. The fourth-order valence-corrected chi connectivity index (χ4v) is 5.43. The summed E-state index contributed by atoms with van der Waals surface area (Å²) in [6.07, 6.45) is 2.17. The number of amides is 2. The zero-order chi connectivity index (χ0) is 33.3. The maximum absolute atomic E-state index is 15.2. The van der Waals surface area contributed by atoms with Crippen LogP contribution < -0.4 is 20.5 Å². The minimum Gasteiger partial charge on any atom is -0.491 e. The number of carbonyl (C=O) groups is 2. The second-order valence-corrected chi connectivity index (χ2v) is 11.4. The van der Waals surface area contributed by atoms with Gasteiger partial charge < -0.3 is 25.6 Å². The van der Waals surface area contributed by atoms with Crippen molar-refractivity contribution in [3.05, 3.63) is 81.6 Å². The van der Waals surface area contributed by atoms with Crippen LogP contribution in [0.15, 0.2) is 42.6 Å². The third kappa shape index (κ3) is 6.85. The summed E-state index contributed by atoms with van der Waals surface area (Å²) in [5, 5.41) is 14.6. The number of hydrogen-bond donors (Lipinski definition) is 3. The summed E-state index contributed by atoms with van der Waals surface area (Å²) in [5.41, 5.74) is 3.99. The summed E-state index contributed by atoms with van der Waals surface area (Å²) in [5.74, 6) is -4.13. The molecule has 1 aliphatic carbocycles. The van der Waals surface area contributed by atoms with Gasteiger partial charge in [-0.1, -0.05) is 11.6 Å². The van der Waals surface area contributed by atoms with Gasteiger partial charge in [-0.3, -0.25) is 14.6 Å². The highest BCUT2D eigenvalue weighted by Gasteiger charge is 2.47. The highest BCUT2D eigenvalue weighted by Crippen LogP contribution is 2.47. The number of carbonyl (C=O) groups excluding carboxylic acids is 2. The second kappa shape index (κ2) is 13.1. The van der Waals surface area contributed by atoms with Gasteiger partial charge >= 0.3 is 6.61 Å². The lowest BCUT2D eigenvalue weighted by Crippen LogP contribution is -2.43. The average molecular weight is 661 g/mol. The lowest BCUT2D eigenvalue weighted by Gasteiger charge is -2.30. The van der Waals surface area contributed by atoms with E-state index >= 15 is 4.39 Å². The first-order valence-electron chi connectivity index (χ1n) is 14.3. The molecular formula is C32H29ClF4N4O5. The van der Waals surface area contributed by atoms with Gasteiger partial charge in [-0.25, -0.2) is 13.8 Å². The highest BCUT2D eigenvalue weighted by atomic mass is 35.5. The van der Waals surface area contributed by atoms with E-state index in [1.54, 1.807) is 19.9 Å². The predicted molar refractivity (Wildman–Crippen MR) is 161 cm³/mol. The van der Waals surface area contributed by atoms with Crippen LogP contribution in [0.5, 0.6) is 11.5 Å². The number of halogens is 5. The number of aliphatic hydroxyl groups is 1. The third-order valence-corrected chi connectivity index (χ3v) is 7.84. The number of rotatable bonds is 12. The molecule has 0 spiro atoms. The van der Waals surface area contributed by atoms with Crippen LogP contribution in [0.25, 0.3) is 22.2 Å². The van der Waals surface area contributed by atoms with Crippen molar-refractivity contribution >= 4 is 34.3 Å². The normalized spacial score (nSPS) is 14.3. The van der Waals surface area contributed by atoms with Crippen molar-refractivity contribution < 1.29 is 41.7 Å². The number of nitrogens with zero attached hydrogens (tertiary/aromatic N) is 2. The molecule has 1 aliphatic rings. The number of fused-ring (bicyclic) bond motifs is 1. The summed E-state index contributed by atoms with van der Waals surface area (Å²) in [7, 11) is 0. The molecule has 1 saturated carbocycles. The van der Waals surface area contributed by atoms with Crippen molar-refractivity contribution in [1.82, 2.24) is 15.3 Å². The topological polar surface area (TPSA) is 137 Å². The predicted octanol–water partition coefficient (Wildman–Crippen LogP) is 5.59. The maximum atomic E-state index is 15.2. The summed E-state index contributed by atoms with van der Waals surface area (Å²) in [6, 6.07) is 7.21. The molecule has 4 N–H and O–H groups in total. The van der Waals surface area contributed by atoms with E-state index in [1.807, 2.05) is 0 Å². The number of ether oxygens (including phenoxy) is 2. The van der Waals surface area contributed by atoms with Gasteiger partial charge in [-0.05, 0) is 74.6 Å². The van der Waals surface area contributed by atoms with E-state index in [-0.39, 0.29) is 58.1 Å². The molecule has 0 unspecified atom stereocenters. The van der Waals surface area contributed by atoms with E-state index in [2.05, 4.69) is 20.0 Å². The number of pyridine rings is 2. The van der Waals surface area contributed by atoms with Crippen LogP contribution in [0.4, 0.5) is 17.6 Å². The Hall–Kier alpha value is -4.49. The molecule has 5 rings (SSSR count). The molecule has 0 radical (unpaired) electrons. The van der Waals surface area contributed by atoms with Crippen molar-refractivity contribution in [3.8, 4) is 22.8 Å².